The van der Waals surface area contributed by atoms with Crippen LogP contribution in [0.5, 0.6) is 23.0 Å². The van der Waals surface area contributed by atoms with Gasteiger partial charge in [0.25, 0.3) is 0 Å². The van der Waals surface area contributed by atoms with Crippen LogP contribution in [0.15, 0.2) is 109 Å². The average molecular weight is 523 g/mol. The molecule has 4 aromatic carbocycles. The van der Waals surface area contributed by atoms with E-state index in [1.165, 1.54) is 0 Å². The normalized spacial score (nSPS) is 11.5. The molecule has 0 amide bonds. The monoisotopic (exact) mass is 522 g/mol. The molecule has 6 nitrogen and oxygen atoms in total. The molecule has 0 N–H and O–H groups in total. The van der Waals surface area contributed by atoms with E-state index < -0.39 is 23.8 Å². The Hall–Kier alpha value is -3.32. The molecule has 0 aliphatic heterocycles. The first-order valence-corrected chi connectivity index (χ1v) is 11.4. The Morgan fingerprint density at radius 3 is 1.19 bits per heavy atom. The van der Waals surface area contributed by atoms with Gasteiger partial charge in [-0.1, -0.05) is 74.5 Å². The van der Waals surface area contributed by atoms with Gasteiger partial charge in [0.2, 0.25) is 0 Å². The van der Waals surface area contributed by atoms with Crippen molar-refractivity contribution < 1.29 is 29.3 Å². The molecule has 7 heteroatoms. The molecule has 4 rings (SSSR count). The largest absolute Gasteiger partial charge is 2.00 e. The van der Waals surface area contributed by atoms with Gasteiger partial charge in [0, 0.05) is 23.8 Å². The SMILES string of the molecule is C[C@@H](C(=O)[O-])c1cccc(Oc2ccccc2)c1.C[C@@H](C(=O)[O-])c1cccc(Oc2ccccc2)c1.[Ca+2]. The Balaban J connectivity index is 0.000000253. The summed E-state index contributed by atoms with van der Waals surface area (Å²) in [6, 6.07) is 32.7. The van der Waals surface area contributed by atoms with E-state index in [4.69, 9.17) is 9.47 Å². The molecule has 0 spiro atoms. The summed E-state index contributed by atoms with van der Waals surface area (Å²) in [6.45, 7) is 3.19. The number of rotatable bonds is 8. The van der Waals surface area contributed by atoms with Crippen LogP contribution >= 0.6 is 0 Å². The van der Waals surface area contributed by atoms with Crippen LogP contribution in [0.25, 0.3) is 0 Å². The van der Waals surface area contributed by atoms with Gasteiger partial charge in [0.1, 0.15) is 23.0 Å². The van der Waals surface area contributed by atoms with Gasteiger partial charge >= 0.3 is 37.7 Å². The zero-order chi connectivity index (χ0) is 25.9. The van der Waals surface area contributed by atoms with Gasteiger partial charge in [-0.25, -0.2) is 0 Å². The van der Waals surface area contributed by atoms with E-state index in [1.807, 2.05) is 60.7 Å². The number of para-hydroxylation sites is 2. The zero-order valence-corrected chi connectivity index (χ0v) is 22.9. The third kappa shape index (κ3) is 9.57. The van der Waals surface area contributed by atoms with Crippen molar-refractivity contribution >= 4 is 49.7 Å². The third-order valence-electron chi connectivity index (χ3n) is 5.38. The Morgan fingerprint density at radius 2 is 0.865 bits per heavy atom. The van der Waals surface area contributed by atoms with Gasteiger partial charge in [-0.05, 0) is 59.7 Å². The first-order chi connectivity index (χ1) is 17.3. The fourth-order valence-corrected chi connectivity index (χ4v) is 3.22. The fraction of sp³-hybridized carbons (Fsp3) is 0.133. The van der Waals surface area contributed by atoms with Crippen molar-refractivity contribution in [1.29, 1.82) is 0 Å². The summed E-state index contributed by atoms with van der Waals surface area (Å²) < 4.78 is 11.3. The molecule has 0 unspecified atom stereocenters. The van der Waals surface area contributed by atoms with E-state index >= 15 is 0 Å². The number of ether oxygens (including phenoxy) is 2. The van der Waals surface area contributed by atoms with Crippen LogP contribution in [-0.2, 0) is 9.59 Å². The van der Waals surface area contributed by atoms with Gasteiger partial charge < -0.3 is 29.3 Å². The number of hydrogen-bond donors (Lipinski definition) is 0. The molecule has 0 heterocycles. The summed E-state index contributed by atoms with van der Waals surface area (Å²) in [5.74, 6) is -0.808. The molecule has 2 atom stereocenters. The molecule has 0 saturated carbocycles. The minimum atomic E-state index is -1.09. The average Bonchev–Trinajstić information content (AvgIpc) is 2.89. The van der Waals surface area contributed by atoms with Crippen LogP contribution in [0.1, 0.15) is 36.8 Å². The summed E-state index contributed by atoms with van der Waals surface area (Å²) in [5.41, 5.74) is 1.34. The smallest absolute Gasteiger partial charge is 0.550 e. The maximum absolute atomic E-state index is 10.8. The second-order valence-corrected chi connectivity index (χ2v) is 8.06. The van der Waals surface area contributed by atoms with Crippen LogP contribution in [-0.4, -0.2) is 49.7 Å². The predicted molar refractivity (Wildman–Crippen MR) is 139 cm³/mol. The molecule has 184 valence electrons. The fourth-order valence-electron chi connectivity index (χ4n) is 3.22. The van der Waals surface area contributed by atoms with Gasteiger partial charge in [0.05, 0.1) is 0 Å². The quantitative estimate of drug-likeness (QED) is 0.320. The van der Waals surface area contributed by atoms with Crippen LogP contribution in [0.2, 0.25) is 0 Å². The van der Waals surface area contributed by atoms with Gasteiger partial charge in [-0.15, -0.1) is 0 Å². The van der Waals surface area contributed by atoms with Crippen molar-refractivity contribution in [2.45, 2.75) is 25.7 Å². The first kappa shape index (κ1) is 29.9. The molecule has 37 heavy (non-hydrogen) atoms. The van der Waals surface area contributed by atoms with Crippen LogP contribution in [0.4, 0.5) is 0 Å². The molecule has 4 aromatic rings. The standard InChI is InChI=1S/2C15H14O3.Ca/c2*1-11(15(16)17)12-6-5-9-14(10-12)18-13-7-3-2-4-8-13;/h2*2-11H,1H3,(H,16,17);/q;;+2/p-2/t2*11-;/m11./s1. The zero-order valence-electron chi connectivity index (χ0n) is 20.7. The van der Waals surface area contributed by atoms with Crippen molar-refractivity contribution in [2.75, 3.05) is 0 Å². The van der Waals surface area contributed by atoms with Crippen molar-refractivity contribution in [3.05, 3.63) is 120 Å². The Bertz CT molecular complexity index is 1180. The molecule has 0 bridgehead atoms. The van der Waals surface area contributed by atoms with Crippen molar-refractivity contribution in [1.82, 2.24) is 0 Å². The predicted octanol–water partition coefficient (Wildman–Crippen LogP) is 4.28. The molecule has 0 saturated heterocycles. The van der Waals surface area contributed by atoms with E-state index in [0.717, 1.165) is 11.5 Å². The summed E-state index contributed by atoms with van der Waals surface area (Å²) in [5, 5.41) is 21.6. The molecule has 0 aliphatic carbocycles. The molecular weight excluding hydrogens is 496 g/mol. The molecule has 0 radical (unpaired) electrons. The number of hydrogen-bond acceptors (Lipinski definition) is 6. The van der Waals surface area contributed by atoms with Crippen molar-refractivity contribution in [3.63, 3.8) is 0 Å². The summed E-state index contributed by atoms with van der Waals surface area (Å²) in [4.78, 5) is 21.6. The molecule has 0 aliphatic rings. The maximum atomic E-state index is 10.8. The Labute approximate surface area is 246 Å². The molecule has 0 aromatic heterocycles. The minimum Gasteiger partial charge on any atom is -0.550 e. The minimum absolute atomic E-state index is 0. The van der Waals surface area contributed by atoms with E-state index in [1.54, 1.807) is 62.4 Å². The Kier molecular flexibility index (Phi) is 12.2. The Morgan fingerprint density at radius 1 is 0.541 bits per heavy atom. The summed E-state index contributed by atoms with van der Waals surface area (Å²) >= 11 is 0. The number of carboxylic acid groups (broad SMARTS) is 2. The van der Waals surface area contributed by atoms with Crippen molar-refractivity contribution in [2.24, 2.45) is 0 Å². The second-order valence-electron chi connectivity index (χ2n) is 8.06. The number of carbonyl (C=O) groups is 2. The van der Waals surface area contributed by atoms with Crippen molar-refractivity contribution in [3.8, 4) is 23.0 Å². The number of carbonyl (C=O) groups excluding carboxylic acids is 2. The van der Waals surface area contributed by atoms with E-state index in [9.17, 15) is 19.8 Å². The first-order valence-electron chi connectivity index (χ1n) is 11.4. The third-order valence-corrected chi connectivity index (χ3v) is 5.38. The number of aliphatic carboxylic acids is 2. The number of benzene rings is 4. The maximum Gasteiger partial charge on any atom is 2.00 e. The van der Waals surface area contributed by atoms with Crippen LogP contribution in [0, 0.1) is 0 Å². The van der Waals surface area contributed by atoms with Gasteiger partial charge in [-0.3, -0.25) is 0 Å². The summed E-state index contributed by atoms with van der Waals surface area (Å²) in [7, 11) is 0. The van der Waals surface area contributed by atoms with Gasteiger partial charge in [-0.2, -0.15) is 0 Å². The van der Waals surface area contributed by atoms with E-state index in [-0.39, 0.29) is 37.7 Å². The van der Waals surface area contributed by atoms with E-state index in [0.29, 0.717) is 22.6 Å². The second kappa shape index (κ2) is 15.1. The topological polar surface area (TPSA) is 98.7 Å². The molecule has 0 fully saturated rings. The van der Waals surface area contributed by atoms with Crippen LogP contribution in [0.3, 0.4) is 0 Å². The number of carboxylic acids is 2. The van der Waals surface area contributed by atoms with Gasteiger partial charge in [0.15, 0.2) is 0 Å². The molecular formula is C30H26CaO6. The van der Waals surface area contributed by atoms with Crippen LogP contribution < -0.4 is 19.7 Å². The van der Waals surface area contributed by atoms with E-state index in [2.05, 4.69) is 0 Å². The summed E-state index contributed by atoms with van der Waals surface area (Å²) in [6.07, 6.45) is 0.